The van der Waals surface area contributed by atoms with Crippen LogP contribution in [0.4, 0.5) is 0 Å². The van der Waals surface area contributed by atoms with Crippen molar-refractivity contribution in [2.75, 3.05) is 0 Å². The first-order chi connectivity index (χ1) is 5.79. The van der Waals surface area contributed by atoms with E-state index >= 15 is 0 Å². The summed E-state index contributed by atoms with van der Waals surface area (Å²) < 4.78 is 0. The summed E-state index contributed by atoms with van der Waals surface area (Å²) in [6.07, 6.45) is 0. The molecular weight excluding hydrogens is 172 g/mol. The van der Waals surface area contributed by atoms with Gasteiger partial charge in [-0.05, 0) is 11.4 Å². The van der Waals surface area contributed by atoms with Crippen LogP contribution in [0, 0.1) is 28.6 Å². The number of hydrogen-bond donors (Lipinski definition) is 0. The van der Waals surface area contributed by atoms with Crippen LogP contribution < -0.4 is 0 Å². The second-order valence-corrected chi connectivity index (χ2v) is 2.85. The van der Waals surface area contributed by atoms with E-state index < -0.39 is 11.7 Å². The summed E-state index contributed by atoms with van der Waals surface area (Å²) in [6.45, 7) is 0. The molecule has 0 unspecified atom stereocenters. The van der Waals surface area contributed by atoms with Gasteiger partial charge in [-0.1, -0.05) is 0 Å². The molecule has 12 heavy (non-hydrogen) atoms. The van der Waals surface area contributed by atoms with Gasteiger partial charge in [-0.25, -0.2) is 0 Å². The lowest BCUT2D eigenvalue weighted by Gasteiger charge is -1.93. The minimum absolute atomic E-state index is 0.416. The summed E-state index contributed by atoms with van der Waals surface area (Å²) in [5.74, 6) is -1.58. The lowest BCUT2D eigenvalue weighted by atomic mass is 10.0. The third-order valence-corrected chi connectivity index (χ3v) is 2.01. The molecule has 0 spiro atoms. The van der Waals surface area contributed by atoms with Gasteiger partial charge in [0.1, 0.15) is 0 Å². The summed E-state index contributed by atoms with van der Waals surface area (Å²) in [7, 11) is 0. The molecule has 1 aromatic rings. The van der Waals surface area contributed by atoms with Crippen molar-refractivity contribution in [2.24, 2.45) is 5.92 Å². The lowest BCUT2D eigenvalue weighted by Crippen LogP contribution is -2.09. The Morgan fingerprint density at radius 3 is 2.58 bits per heavy atom. The van der Waals surface area contributed by atoms with E-state index in [-0.39, 0.29) is 0 Å². The van der Waals surface area contributed by atoms with Gasteiger partial charge >= 0.3 is 0 Å². The molecule has 0 atom stereocenters. The number of hydrogen-bond acceptors (Lipinski definition) is 4. The van der Waals surface area contributed by atoms with Crippen LogP contribution in [0.2, 0.25) is 0 Å². The van der Waals surface area contributed by atoms with Gasteiger partial charge in [0.25, 0.3) is 0 Å². The highest BCUT2D eigenvalue weighted by atomic mass is 32.1. The molecule has 0 amide bonds. The van der Waals surface area contributed by atoms with Crippen molar-refractivity contribution >= 4 is 17.1 Å². The van der Waals surface area contributed by atoms with Crippen LogP contribution in [-0.2, 0) is 0 Å². The first-order valence-electron chi connectivity index (χ1n) is 3.15. The van der Waals surface area contributed by atoms with Crippen LogP contribution in [0.3, 0.4) is 0 Å². The van der Waals surface area contributed by atoms with E-state index in [1.165, 1.54) is 11.3 Å². The highest BCUT2D eigenvalue weighted by Gasteiger charge is 2.18. The third kappa shape index (κ3) is 1.50. The number of Topliss-reactive ketones (excluding diaryl/α,β-unsaturated/α-hetero) is 1. The van der Waals surface area contributed by atoms with Crippen LogP contribution >= 0.6 is 11.3 Å². The second-order valence-electron chi connectivity index (χ2n) is 2.07. The maximum atomic E-state index is 11.2. The van der Waals surface area contributed by atoms with Gasteiger partial charge in [-0.2, -0.15) is 21.9 Å². The smallest absolute Gasteiger partial charge is 0.195 e. The fourth-order valence-corrected chi connectivity index (χ4v) is 1.36. The maximum absolute atomic E-state index is 11.2. The van der Waals surface area contributed by atoms with Crippen molar-refractivity contribution in [3.05, 3.63) is 22.4 Å². The molecule has 4 heteroatoms. The summed E-state index contributed by atoms with van der Waals surface area (Å²) in [6, 6.07) is 4.87. The van der Waals surface area contributed by atoms with Gasteiger partial charge in [0.15, 0.2) is 11.7 Å². The number of ketones is 1. The molecule has 1 aromatic heterocycles. The number of rotatable bonds is 2. The zero-order chi connectivity index (χ0) is 8.97. The summed E-state index contributed by atoms with van der Waals surface area (Å²) in [5.41, 5.74) is 0.438. The molecule has 0 radical (unpaired) electrons. The molecule has 0 saturated carbocycles. The maximum Gasteiger partial charge on any atom is 0.195 e. The molecule has 0 aromatic carbocycles. The summed E-state index contributed by atoms with van der Waals surface area (Å²) in [5, 5.41) is 20.2. The van der Waals surface area contributed by atoms with E-state index in [1.807, 2.05) is 0 Å². The normalized spacial score (nSPS) is 8.92. The topological polar surface area (TPSA) is 64.7 Å². The minimum Gasteiger partial charge on any atom is -0.291 e. The molecule has 1 heterocycles. The van der Waals surface area contributed by atoms with E-state index in [0.29, 0.717) is 5.56 Å². The van der Waals surface area contributed by atoms with Crippen molar-refractivity contribution in [1.29, 1.82) is 10.5 Å². The number of nitriles is 2. The Bertz CT molecular complexity index is 341. The fraction of sp³-hybridized carbons (Fsp3) is 0.125. The molecule has 0 N–H and O–H groups in total. The molecule has 0 bridgehead atoms. The molecule has 0 fully saturated rings. The average Bonchev–Trinajstić information content (AvgIpc) is 2.58. The van der Waals surface area contributed by atoms with Crippen molar-refractivity contribution in [2.45, 2.75) is 0 Å². The van der Waals surface area contributed by atoms with Gasteiger partial charge in [0, 0.05) is 10.9 Å². The fourth-order valence-electron chi connectivity index (χ4n) is 0.717. The average molecular weight is 176 g/mol. The Morgan fingerprint density at radius 1 is 1.50 bits per heavy atom. The highest BCUT2D eigenvalue weighted by Crippen LogP contribution is 2.11. The van der Waals surface area contributed by atoms with Gasteiger partial charge in [0.2, 0.25) is 0 Å². The molecule has 0 aliphatic heterocycles. The zero-order valence-electron chi connectivity index (χ0n) is 6.02. The molecule has 3 nitrogen and oxygen atoms in total. The van der Waals surface area contributed by atoms with Crippen LogP contribution in [0.15, 0.2) is 16.8 Å². The third-order valence-electron chi connectivity index (χ3n) is 1.33. The highest BCUT2D eigenvalue weighted by molar-refractivity contribution is 7.08. The van der Waals surface area contributed by atoms with Crippen molar-refractivity contribution in [3.8, 4) is 12.1 Å². The van der Waals surface area contributed by atoms with Crippen molar-refractivity contribution < 1.29 is 4.79 Å². The number of carbonyl (C=O) groups excluding carboxylic acids is 1. The largest absolute Gasteiger partial charge is 0.291 e. The number of carbonyl (C=O) groups is 1. The van der Waals surface area contributed by atoms with Gasteiger partial charge in [-0.3, -0.25) is 4.79 Å². The molecule has 58 valence electrons. The molecular formula is C8H4N2OS. The lowest BCUT2D eigenvalue weighted by molar-refractivity contribution is 0.0971. The summed E-state index contributed by atoms with van der Waals surface area (Å²) in [4.78, 5) is 11.2. The second kappa shape index (κ2) is 3.66. The molecule has 0 saturated heterocycles. The Labute approximate surface area is 73.5 Å². The van der Waals surface area contributed by atoms with Gasteiger partial charge in [-0.15, -0.1) is 0 Å². The monoisotopic (exact) mass is 176 g/mol. The van der Waals surface area contributed by atoms with Crippen molar-refractivity contribution in [3.63, 3.8) is 0 Å². The number of thiophene rings is 1. The number of nitrogens with zero attached hydrogens (tertiary/aromatic N) is 2. The summed E-state index contributed by atoms with van der Waals surface area (Å²) >= 11 is 1.37. The Morgan fingerprint density at radius 2 is 2.17 bits per heavy atom. The van der Waals surface area contributed by atoms with E-state index in [1.54, 1.807) is 29.0 Å². The van der Waals surface area contributed by atoms with E-state index in [0.717, 1.165) is 0 Å². The molecule has 0 aliphatic carbocycles. The minimum atomic E-state index is -1.17. The Balaban J connectivity index is 2.88. The van der Waals surface area contributed by atoms with E-state index in [2.05, 4.69) is 0 Å². The van der Waals surface area contributed by atoms with E-state index in [4.69, 9.17) is 10.5 Å². The SMILES string of the molecule is N#CC(C#N)C(=O)c1ccsc1. The standard InChI is InChI=1S/C8H4N2OS/c9-3-7(4-10)8(11)6-1-2-12-5-6/h1-2,5,7H. The van der Waals surface area contributed by atoms with Crippen molar-refractivity contribution in [1.82, 2.24) is 0 Å². The Hall–Kier alpha value is -1.65. The zero-order valence-corrected chi connectivity index (χ0v) is 6.84. The van der Waals surface area contributed by atoms with Crippen LogP contribution in [0.1, 0.15) is 10.4 Å². The molecule has 1 rings (SSSR count). The molecule has 0 aliphatic rings. The first-order valence-corrected chi connectivity index (χ1v) is 4.09. The predicted octanol–water partition coefficient (Wildman–Crippen LogP) is 1.59. The first kappa shape index (κ1) is 8.45. The Kier molecular flexibility index (Phi) is 2.57. The predicted molar refractivity (Wildman–Crippen MR) is 43.4 cm³/mol. The van der Waals surface area contributed by atoms with Crippen LogP contribution in [0.25, 0.3) is 0 Å². The van der Waals surface area contributed by atoms with Gasteiger partial charge < -0.3 is 0 Å². The van der Waals surface area contributed by atoms with Crippen LogP contribution in [0.5, 0.6) is 0 Å². The van der Waals surface area contributed by atoms with E-state index in [9.17, 15) is 4.79 Å². The quantitative estimate of drug-likeness (QED) is 0.643. The van der Waals surface area contributed by atoms with Crippen LogP contribution in [-0.4, -0.2) is 5.78 Å². The van der Waals surface area contributed by atoms with Gasteiger partial charge in [0.05, 0.1) is 12.1 Å².